The summed E-state index contributed by atoms with van der Waals surface area (Å²) in [6.45, 7) is 6.81. The number of hydrogen-bond acceptors (Lipinski definition) is 4. The van der Waals surface area contributed by atoms with Crippen LogP contribution < -0.4 is 4.90 Å². The molecule has 4 aromatic rings. The van der Waals surface area contributed by atoms with E-state index < -0.39 is 0 Å². The fourth-order valence-corrected chi connectivity index (χ4v) is 4.30. The lowest BCUT2D eigenvalue weighted by atomic mass is 10.1. The van der Waals surface area contributed by atoms with Gasteiger partial charge in [0.25, 0.3) is 0 Å². The average molecular weight is 428 g/mol. The summed E-state index contributed by atoms with van der Waals surface area (Å²) in [6, 6.07) is 20.9. The third-order valence-electron chi connectivity index (χ3n) is 6.12. The van der Waals surface area contributed by atoms with Crippen molar-refractivity contribution in [2.75, 3.05) is 31.1 Å². The third kappa shape index (κ3) is 4.14. The van der Waals surface area contributed by atoms with Crippen molar-refractivity contribution in [3.05, 3.63) is 96.2 Å². The summed E-state index contributed by atoms with van der Waals surface area (Å²) in [6.07, 6.45) is 3.79. The molecule has 0 amide bonds. The van der Waals surface area contributed by atoms with Crippen LogP contribution in [-0.4, -0.2) is 45.8 Å². The molecule has 1 saturated heterocycles. The topological polar surface area (TPSA) is 37.2 Å². The van der Waals surface area contributed by atoms with Gasteiger partial charge < -0.3 is 4.90 Å². The van der Waals surface area contributed by atoms with E-state index in [9.17, 15) is 4.39 Å². The third-order valence-corrected chi connectivity index (χ3v) is 6.12. The Bertz CT molecular complexity index is 1180. The number of rotatable bonds is 5. The lowest BCUT2D eigenvalue weighted by molar-refractivity contribution is 0.249. The number of aromatic nitrogens is 3. The van der Waals surface area contributed by atoms with Crippen LogP contribution in [0.3, 0.4) is 0 Å². The van der Waals surface area contributed by atoms with Gasteiger partial charge in [-0.2, -0.15) is 5.10 Å². The Morgan fingerprint density at radius 1 is 0.875 bits per heavy atom. The first-order valence-electron chi connectivity index (χ1n) is 11.0. The highest BCUT2D eigenvalue weighted by Gasteiger charge is 2.21. The predicted octanol–water partition coefficient (Wildman–Crippen LogP) is 4.70. The van der Waals surface area contributed by atoms with E-state index in [1.165, 1.54) is 23.4 Å². The van der Waals surface area contributed by atoms with Crippen molar-refractivity contribution in [3.8, 4) is 16.9 Å². The van der Waals surface area contributed by atoms with Gasteiger partial charge in [0, 0.05) is 55.7 Å². The zero-order valence-corrected chi connectivity index (χ0v) is 18.2. The van der Waals surface area contributed by atoms with Crippen molar-refractivity contribution in [3.63, 3.8) is 0 Å². The molecule has 162 valence electrons. The molecular formula is C26H26FN5. The van der Waals surface area contributed by atoms with E-state index in [-0.39, 0.29) is 5.82 Å². The van der Waals surface area contributed by atoms with Crippen LogP contribution in [0, 0.1) is 12.7 Å². The van der Waals surface area contributed by atoms with Crippen LogP contribution in [0.1, 0.15) is 11.3 Å². The van der Waals surface area contributed by atoms with Gasteiger partial charge in [0.1, 0.15) is 5.82 Å². The molecule has 6 heteroatoms. The van der Waals surface area contributed by atoms with E-state index in [1.807, 2.05) is 35.1 Å². The average Bonchev–Trinajstić information content (AvgIpc) is 3.20. The van der Waals surface area contributed by atoms with Gasteiger partial charge in [-0.05, 0) is 55.5 Å². The molecule has 5 nitrogen and oxygen atoms in total. The van der Waals surface area contributed by atoms with Gasteiger partial charge in [-0.25, -0.2) is 9.07 Å². The van der Waals surface area contributed by atoms with E-state index >= 15 is 0 Å². The zero-order valence-electron chi connectivity index (χ0n) is 18.2. The number of anilines is 1. The van der Waals surface area contributed by atoms with E-state index in [4.69, 9.17) is 0 Å². The summed E-state index contributed by atoms with van der Waals surface area (Å²) in [5.41, 5.74) is 6.48. The Hall–Kier alpha value is -3.51. The van der Waals surface area contributed by atoms with Gasteiger partial charge in [0.2, 0.25) is 0 Å². The molecule has 0 radical (unpaired) electrons. The Kier molecular flexibility index (Phi) is 5.69. The Morgan fingerprint density at radius 2 is 1.62 bits per heavy atom. The first-order valence-corrected chi connectivity index (χ1v) is 11.0. The normalized spacial score (nSPS) is 14.6. The first-order chi connectivity index (χ1) is 15.7. The highest BCUT2D eigenvalue weighted by molar-refractivity contribution is 5.75. The number of para-hydroxylation sites is 1. The van der Waals surface area contributed by atoms with Crippen molar-refractivity contribution in [1.29, 1.82) is 0 Å². The molecule has 2 aromatic heterocycles. The van der Waals surface area contributed by atoms with E-state index in [0.29, 0.717) is 0 Å². The molecule has 1 aliphatic heterocycles. The molecule has 0 N–H and O–H groups in total. The second-order valence-electron chi connectivity index (χ2n) is 8.14. The molecule has 1 aliphatic rings. The van der Waals surface area contributed by atoms with Crippen molar-refractivity contribution in [2.24, 2.45) is 0 Å². The Balaban J connectivity index is 1.27. The molecule has 0 bridgehead atoms. The molecule has 32 heavy (non-hydrogen) atoms. The standard InChI is InChI=1S/C26H26FN5/c1-20-22(18-29-32(20)24-6-3-2-4-7-24)19-30-14-16-31(17-15-30)25-8-5-13-28-26(25)21-9-11-23(27)12-10-21/h2-13,18H,14-17,19H2,1H3. The van der Waals surface area contributed by atoms with Crippen LogP contribution in [-0.2, 0) is 6.54 Å². The first kappa shape index (κ1) is 20.4. The lowest BCUT2D eigenvalue weighted by Crippen LogP contribution is -2.46. The minimum atomic E-state index is -0.231. The monoisotopic (exact) mass is 427 g/mol. The maximum absolute atomic E-state index is 13.4. The second kappa shape index (κ2) is 8.93. The van der Waals surface area contributed by atoms with Crippen molar-refractivity contribution in [1.82, 2.24) is 19.7 Å². The van der Waals surface area contributed by atoms with Crippen LogP contribution in [0.4, 0.5) is 10.1 Å². The predicted molar refractivity (Wildman–Crippen MR) is 125 cm³/mol. The quantitative estimate of drug-likeness (QED) is 0.463. The molecule has 2 aromatic carbocycles. The van der Waals surface area contributed by atoms with Gasteiger partial charge in [0.05, 0.1) is 23.3 Å². The van der Waals surface area contributed by atoms with Gasteiger partial charge in [-0.15, -0.1) is 0 Å². The second-order valence-corrected chi connectivity index (χ2v) is 8.14. The van der Waals surface area contributed by atoms with Crippen LogP contribution in [0.2, 0.25) is 0 Å². The van der Waals surface area contributed by atoms with Crippen molar-refractivity contribution < 1.29 is 4.39 Å². The minimum absolute atomic E-state index is 0.231. The van der Waals surface area contributed by atoms with Crippen molar-refractivity contribution >= 4 is 5.69 Å². The largest absolute Gasteiger partial charge is 0.367 e. The minimum Gasteiger partial charge on any atom is -0.367 e. The molecule has 1 fully saturated rings. The fraction of sp³-hybridized carbons (Fsp3) is 0.231. The summed E-state index contributed by atoms with van der Waals surface area (Å²) in [4.78, 5) is 9.45. The lowest BCUT2D eigenvalue weighted by Gasteiger charge is -2.36. The van der Waals surface area contributed by atoms with E-state index in [2.05, 4.69) is 45.0 Å². The highest BCUT2D eigenvalue weighted by atomic mass is 19.1. The van der Waals surface area contributed by atoms with Gasteiger partial charge in [-0.3, -0.25) is 9.88 Å². The van der Waals surface area contributed by atoms with Crippen LogP contribution in [0.5, 0.6) is 0 Å². The molecule has 0 spiro atoms. The summed E-state index contributed by atoms with van der Waals surface area (Å²) in [5, 5.41) is 4.61. The van der Waals surface area contributed by atoms with Gasteiger partial charge in [0.15, 0.2) is 0 Å². The molecule has 0 aliphatic carbocycles. The van der Waals surface area contributed by atoms with Crippen LogP contribution in [0.25, 0.3) is 16.9 Å². The number of piperazine rings is 1. The summed E-state index contributed by atoms with van der Waals surface area (Å²) >= 11 is 0. The molecule has 3 heterocycles. The highest BCUT2D eigenvalue weighted by Crippen LogP contribution is 2.29. The zero-order chi connectivity index (χ0) is 21.9. The summed E-state index contributed by atoms with van der Waals surface area (Å²) in [5.74, 6) is -0.231. The maximum Gasteiger partial charge on any atom is 0.123 e. The van der Waals surface area contributed by atoms with E-state index in [1.54, 1.807) is 18.3 Å². The number of halogens is 1. The molecule has 0 saturated carbocycles. The Labute approximate surface area is 187 Å². The molecule has 0 unspecified atom stereocenters. The molecule has 5 rings (SSSR count). The number of benzene rings is 2. The van der Waals surface area contributed by atoms with Crippen molar-refractivity contribution in [2.45, 2.75) is 13.5 Å². The maximum atomic E-state index is 13.4. The number of pyridine rings is 1. The van der Waals surface area contributed by atoms with Gasteiger partial charge >= 0.3 is 0 Å². The van der Waals surface area contributed by atoms with E-state index in [0.717, 1.165) is 55.4 Å². The van der Waals surface area contributed by atoms with Crippen LogP contribution >= 0.6 is 0 Å². The Morgan fingerprint density at radius 3 is 2.38 bits per heavy atom. The number of nitrogens with zero attached hydrogens (tertiary/aromatic N) is 5. The number of hydrogen-bond donors (Lipinski definition) is 0. The summed E-state index contributed by atoms with van der Waals surface area (Å²) < 4.78 is 15.4. The SMILES string of the molecule is Cc1c(CN2CCN(c3cccnc3-c3ccc(F)cc3)CC2)cnn1-c1ccccc1. The van der Waals surface area contributed by atoms with Gasteiger partial charge in [-0.1, -0.05) is 18.2 Å². The molecule has 0 atom stereocenters. The smallest absolute Gasteiger partial charge is 0.123 e. The fourth-order valence-electron chi connectivity index (χ4n) is 4.30. The van der Waals surface area contributed by atoms with Crippen LogP contribution in [0.15, 0.2) is 79.1 Å². The summed E-state index contributed by atoms with van der Waals surface area (Å²) in [7, 11) is 0. The molecular weight excluding hydrogens is 401 g/mol.